The van der Waals surface area contributed by atoms with Crippen LogP contribution in [0, 0.1) is 6.92 Å². The number of alkyl halides is 2. The quantitative estimate of drug-likeness (QED) is 0.120. The number of rotatable bonds is 12. The highest BCUT2D eigenvalue weighted by molar-refractivity contribution is 8.00. The number of thioether (sulfide) groups is 2. The summed E-state index contributed by atoms with van der Waals surface area (Å²) in [6.45, 7) is 5.45. The van der Waals surface area contributed by atoms with Gasteiger partial charge in [-0.2, -0.15) is 5.10 Å². The normalized spacial score (nSPS) is 11.1. The molecule has 0 radical (unpaired) electrons. The molecule has 1 N–H and O–H groups in total. The number of carbonyl (C=O) groups is 1. The second-order valence-electron chi connectivity index (χ2n) is 6.10. The molecule has 0 bridgehead atoms. The summed E-state index contributed by atoms with van der Waals surface area (Å²) in [7, 11) is 0. The van der Waals surface area contributed by atoms with Crippen LogP contribution in [0.3, 0.4) is 0 Å². The maximum atomic E-state index is 12.1. The predicted octanol–water partition coefficient (Wildman–Crippen LogP) is 4.42. The number of amides is 1. The topological polar surface area (TPSA) is 70.5 Å². The summed E-state index contributed by atoms with van der Waals surface area (Å²) in [4.78, 5) is 23.0. The van der Waals surface area contributed by atoms with Gasteiger partial charge in [-0.1, -0.05) is 42.6 Å². The molecule has 1 heterocycles. The van der Waals surface area contributed by atoms with Gasteiger partial charge in [0.05, 0.1) is 12.0 Å². The number of hydrogen-bond donors (Lipinski definition) is 1. The first-order valence-corrected chi connectivity index (χ1v) is 12.5. The average molecular weight is 486 g/mol. The summed E-state index contributed by atoms with van der Waals surface area (Å²) < 4.78 is 0. The predicted molar refractivity (Wildman–Crippen MR) is 130 cm³/mol. The van der Waals surface area contributed by atoms with E-state index in [0.717, 1.165) is 46.0 Å². The minimum absolute atomic E-state index is 0.191. The lowest BCUT2D eigenvalue weighted by Gasteiger charge is -2.22. The Morgan fingerprint density at radius 3 is 2.50 bits per heavy atom. The van der Waals surface area contributed by atoms with E-state index >= 15 is 0 Å². The standard InChI is InChI=1S/C20H25Cl2N5OS2/c1-3-29-20-24-15(2)12-19(25-20)30-14-18(28)26-23-13-16-4-6-17(7-5-16)27(10-8-21)11-9-22/h4-7,12-13H,3,8-11,14H2,1-2H3,(H,26,28)/b23-13-. The second kappa shape index (κ2) is 13.7. The number of nitrogens with one attached hydrogen (secondary N) is 1. The van der Waals surface area contributed by atoms with Gasteiger partial charge in [-0.05, 0) is 36.4 Å². The zero-order valence-electron chi connectivity index (χ0n) is 17.0. The number of halogens is 2. The SMILES string of the molecule is CCSc1nc(C)cc(SCC(=O)N/N=C\c2ccc(N(CCCl)CCCl)cc2)n1. The van der Waals surface area contributed by atoms with Gasteiger partial charge in [0.25, 0.3) is 0 Å². The fourth-order valence-corrected chi connectivity index (χ4v) is 4.32. The number of carbonyl (C=O) groups excluding carboxylic acids is 1. The third-order valence-electron chi connectivity index (χ3n) is 3.80. The fourth-order valence-electron chi connectivity index (χ4n) is 2.48. The van der Waals surface area contributed by atoms with Gasteiger partial charge in [-0.3, -0.25) is 4.79 Å². The number of hydrazone groups is 1. The van der Waals surface area contributed by atoms with Gasteiger partial charge < -0.3 is 4.90 Å². The summed E-state index contributed by atoms with van der Waals surface area (Å²) >= 11 is 14.6. The summed E-state index contributed by atoms with van der Waals surface area (Å²) in [6, 6.07) is 9.72. The third-order valence-corrected chi connectivity index (χ3v) is 5.78. The molecule has 30 heavy (non-hydrogen) atoms. The summed E-state index contributed by atoms with van der Waals surface area (Å²) in [6.07, 6.45) is 1.62. The van der Waals surface area contributed by atoms with E-state index < -0.39 is 0 Å². The first-order chi connectivity index (χ1) is 14.5. The van der Waals surface area contributed by atoms with Crippen molar-refractivity contribution >= 4 is 64.5 Å². The minimum Gasteiger partial charge on any atom is -0.369 e. The monoisotopic (exact) mass is 485 g/mol. The molecule has 0 unspecified atom stereocenters. The van der Waals surface area contributed by atoms with E-state index in [2.05, 4.69) is 32.3 Å². The Balaban J connectivity index is 1.84. The van der Waals surface area contributed by atoms with Crippen LogP contribution < -0.4 is 10.3 Å². The van der Waals surface area contributed by atoms with E-state index in [1.54, 1.807) is 18.0 Å². The molecular weight excluding hydrogens is 461 g/mol. The minimum atomic E-state index is -0.191. The molecule has 0 saturated heterocycles. The van der Waals surface area contributed by atoms with E-state index in [-0.39, 0.29) is 11.7 Å². The van der Waals surface area contributed by atoms with Crippen LogP contribution >= 0.6 is 46.7 Å². The lowest BCUT2D eigenvalue weighted by Crippen LogP contribution is -2.27. The number of anilines is 1. The smallest absolute Gasteiger partial charge is 0.250 e. The van der Waals surface area contributed by atoms with Crippen LogP contribution in [0.2, 0.25) is 0 Å². The van der Waals surface area contributed by atoms with Crippen LogP contribution in [-0.2, 0) is 4.79 Å². The van der Waals surface area contributed by atoms with E-state index in [9.17, 15) is 4.79 Å². The summed E-state index contributed by atoms with van der Waals surface area (Å²) in [5.41, 5.74) is 5.38. The Labute approximate surface area is 196 Å². The van der Waals surface area contributed by atoms with Crippen molar-refractivity contribution in [1.29, 1.82) is 0 Å². The average Bonchev–Trinajstić information content (AvgIpc) is 2.72. The Morgan fingerprint density at radius 1 is 1.17 bits per heavy atom. The maximum Gasteiger partial charge on any atom is 0.250 e. The second-order valence-corrected chi connectivity index (χ2v) is 9.08. The molecule has 2 rings (SSSR count). The van der Waals surface area contributed by atoms with E-state index in [0.29, 0.717) is 11.8 Å². The fraction of sp³-hybridized carbons (Fsp3) is 0.400. The van der Waals surface area contributed by atoms with Crippen LogP contribution in [0.25, 0.3) is 0 Å². The number of benzene rings is 1. The first kappa shape index (κ1) is 24.8. The lowest BCUT2D eigenvalue weighted by molar-refractivity contribution is -0.118. The van der Waals surface area contributed by atoms with Gasteiger partial charge in [-0.25, -0.2) is 15.4 Å². The molecule has 0 aliphatic rings. The number of nitrogens with zero attached hydrogens (tertiary/aromatic N) is 4. The molecule has 2 aromatic rings. The van der Waals surface area contributed by atoms with Crippen molar-refractivity contribution < 1.29 is 4.79 Å². The van der Waals surface area contributed by atoms with Crippen LogP contribution in [-0.4, -0.2) is 58.4 Å². The van der Waals surface area contributed by atoms with Crippen LogP contribution in [0.5, 0.6) is 0 Å². The van der Waals surface area contributed by atoms with Gasteiger partial charge >= 0.3 is 0 Å². The summed E-state index contributed by atoms with van der Waals surface area (Å²) in [5.74, 6) is 2.02. The first-order valence-electron chi connectivity index (χ1n) is 9.45. The Kier molecular flexibility index (Phi) is 11.4. The van der Waals surface area contributed by atoms with Crippen LogP contribution in [0.1, 0.15) is 18.2 Å². The zero-order valence-corrected chi connectivity index (χ0v) is 20.1. The number of aryl methyl sites for hydroxylation is 1. The highest BCUT2D eigenvalue weighted by Gasteiger charge is 2.07. The Morgan fingerprint density at radius 2 is 1.87 bits per heavy atom. The van der Waals surface area contributed by atoms with Crippen molar-refractivity contribution in [2.45, 2.75) is 24.0 Å². The molecule has 6 nitrogen and oxygen atoms in total. The molecule has 1 aromatic heterocycles. The molecule has 0 fully saturated rings. The largest absolute Gasteiger partial charge is 0.369 e. The third kappa shape index (κ3) is 8.71. The number of hydrogen-bond acceptors (Lipinski definition) is 7. The molecule has 0 aliphatic heterocycles. The highest BCUT2D eigenvalue weighted by Crippen LogP contribution is 2.20. The van der Waals surface area contributed by atoms with Gasteiger partial charge in [0, 0.05) is 36.2 Å². The van der Waals surface area contributed by atoms with Crippen LogP contribution in [0.4, 0.5) is 5.69 Å². The van der Waals surface area contributed by atoms with E-state index in [1.165, 1.54) is 11.8 Å². The summed E-state index contributed by atoms with van der Waals surface area (Å²) in [5, 5.41) is 5.55. The lowest BCUT2D eigenvalue weighted by atomic mass is 10.2. The van der Waals surface area contributed by atoms with E-state index in [4.69, 9.17) is 23.2 Å². The molecule has 1 amide bonds. The van der Waals surface area contributed by atoms with Crippen molar-refractivity contribution in [2.75, 3.05) is 41.3 Å². The zero-order chi connectivity index (χ0) is 21.8. The van der Waals surface area contributed by atoms with Gasteiger partial charge in [0.15, 0.2) is 5.16 Å². The van der Waals surface area contributed by atoms with E-state index in [1.807, 2.05) is 37.3 Å². The Hall–Kier alpha value is -1.48. The Bertz CT molecular complexity index is 830. The molecule has 1 aromatic carbocycles. The molecule has 0 spiro atoms. The molecular formula is C20H25Cl2N5OS2. The molecule has 0 saturated carbocycles. The van der Waals surface area contributed by atoms with Crippen molar-refractivity contribution in [3.8, 4) is 0 Å². The molecule has 0 aliphatic carbocycles. The van der Waals surface area contributed by atoms with Gasteiger partial charge in [0.1, 0.15) is 5.03 Å². The maximum absolute atomic E-state index is 12.1. The molecule has 162 valence electrons. The highest BCUT2D eigenvalue weighted by atomic mass is 35.5. The van der Waals surface area contributed by atoms with Gasteiger partial charge in [0.2, 0.25) is 5.91 Å². The molecule has 0 atom stereocenters. The van der Waals surface area contributed by atoms with Crippen LogP contribution in [0.15, 0.2) is 45.6 Å². The van der Waals surface area contributed by atoms with Crippen molar-refractivity contribution in [2.24, 2.45) is 5.10 Å². The van der Waals surface area contributed by atoms with Crippen molar-refractivity contribution in [3.63, 3.8) is 0 Å². The molecule has 10 heteroatoms. The van der Waals surface area contributed by atoms with Gasteiger partial charge in [-0.15, -0.1) is 23.2 Å². The van der Waals surface area contributed by atoms with Crippen molar-refractivity contribution in [3.05, 3.63) is 41.6 Å². The van der Waals surface area contributed by atoms with Crippen molar-refractivity contribution in [1.82, 2.24) is 15.4 Å². The number of aromatic nitrogens is 2.